The fourth-order valence-corrected chi connectivity index (χ4v) is 9.09. The Hall–Kier alpha value is -4.38. The lowest BCUT2D eigenvalue weighted by Gasteiger charge is -2.28. The van der Waals surface area contributed by atoms with Crippen LogP contribution < -0.4 is 10.6 Å². The number of amides is 4. The van der Waals surface area contributed by atoms with Crippen LogP contribution in [0.15, 0.2) is 36.4 Å². The molecular formula is C42H44Cl4F4N8O4. The van der Waals surface area contributed by atoms with Crippen LogP contribution in [0.1, 0.15) is 94.1 Å². The zero-order chi connectivity index (χ0) is 44.7. The molecule has 0 saturated heterocycles. The van der Waals surface area contributed by atoms with Gasteiger partial charge in [0.25, 0.3) is 23.7 Å². The molecule has 0 aliphatic carbocycles. The number of carbonyl (C=O) groups excluding carboxylic acids is 4. The Morgan fingerprint density at radius 1 is 0.645 bits per heavy atom. The van der Waals surface area contributed by atoms with Crippen molar-refractivity contribution in [2.75, 3.05) is 26.2 Å². The van der Waals surface area contributed by atoms with E-state index in [-0.39, 0.29) is 95.7 Å². The summed E-state index contributed by atoms with van der Waals surface area (Å²) in [4.78, 5) is 51.5. The summed E-state index contributed by atoms with van der Waals surface area (Å²) < 4.78 is 63.2. The minimum atomic E-state index is -3.05. The first kappa shape index (κ1) is 45.6. The number of halogens is 8. The van der Waals surface area contributed by atoms with E-state index in [1.807, 2.05) is 0 Å². The second-order valence-corrected chi connectivity index (χ2v) is 17.8. The molecule has 0 spiro atoms. The summed E-state index contributed by atoms with van der Waals surface area (Å²) in [6, 6.07) is 9.21. The van der Waals surface area contributed by atoms with Gasteiger partial charge in [0.1, 0.15) is 11.4 Å². The Morgan fingerprint density at radius 3 is 1.39 bits per heavy atom. The van der Waals surface area contributed by atoms with Crippen molar-refractivity contribution in [3.8, 4) is 0 Å². The smallest absolute Gasteiger partial charge is 0.289 e. The standard InChI is InChI=1S/2C21H22Cl2F2N4O2/c2*1-12(30)26-9-13-4-6-21(24,25)19-15-11-28(7-5-18(15)27-29(19)10-13)20(31)14-2-3-16(22)17(23)8-14/h2*2-3,8,13H,4-7,9-11H2,1H3,(H,26,30). The van der Waals surface area contributed by atoms with Crippen LogP contribution in [0.3, 0.4) is 0 Å². The van der Waals surface area contributed by atoms with Crippen molar-refractivity contribution in [3.05, 3.63) is 102 Å². The van der Waals surface area contributed by atoms with E-state index in [0.29, 0.717) is 95.8 Å². The topological polar surface area (TPSA) is 134 Å². The number of benzene rings is 2. The minimum Gasteiger partial charge on any atom is -0.356 e. The lowest BCUT2D eigenvalue weighted by molar-refractivity contribution is -0.120. The van der Waals surface area contributed by atoms with Crippen molar-refractivity contribution < 1.29 is 36.7 Å². The first-order valence-electron chi connectivity index (χ1n) is 20.2. The highest BCUT2D eigenvalue weighted by atomic mass is 35.5. The van der Waals surface area contributed by atoms with Gasteiger partial charge in [0, 0.05) is 114 Å². The van der Waals surface area contributed by atoms with Gasteiger partial charge in [-0.15, -0.1) is 0 Å². The van der Waals surface area contributed by atoms with Crippen molar-refractivity contribution in [2.45, 2.75) is 90.4 Å². The quantitative estimate of drug-likeness (QED) is 0.188. The number of aromatic nitrogens is 4. The lowest BCUT2D eigenvalue weighted by Crippen LogP contribution is -2.36. The van der Waals surface area contributed by atoms with Gasteiger partial charge < -0.3 is 20.4 Å². The van der Waals surface area contributed by atoms with E-state index in [9.17, 15) is 19.2 Å². The molecule has 4 amide bonds. The molecule has 62 heavy (non-hydrogen) atoms. The van der Waals surface area contributed by atoms with Gasteiger partial charge >= 0.3 is 0 Å². The summed E-state index contributed by atoms with van der Waals surface area (Å²) in [5.74, 6) is -7.32. The van der Waals surface area contributed by atoms with E-state index in [1.165, 1.54) is 35.3 Å². The van der Waals surface area contributed by atoms with Crippen molar-refractivity contribution in [2.24, 2.45) is 11.8 Å². The average molecular weight is 943 g/mol. The number of hydrogen-bond donors (Lipinski definition) is 2. The number of rotatable bonds is 6. The normalized spacial score (nSPS) is 19.9. The summed E-state index contributed by atoms with van der Waals surface area (Å²) in [6.45, 7) is 4.97. The second-order valence-electron chi connectivity index (χ2n) is 16.2. The molecule has 0 saturated carbocycles. The molecule has 4 aromatic rings. The second kappa shape index (κ2) is 18.4. The van der Waals surface area contributed by atoms with Crippen molar-refractivity contribution in [1.82, 2.24) is 40.0 Å². The van der Waals surface area contributed by atoms with Gasteiger partial charge in [-0.3, -0.25) is 28.5 Å². The zero-order valence-corrected chi connectivity index (χ0v) is 36.9. The van der Waals surface area contributed by atoms with Gasteiger partial charge in [-0.05, 0) is 61.1 Å². The van der Waals surface area contributed by atoms with Crippen LogP contribution in [0.25, 0.3) is 0 Å². The predicted octanol–water partition coefficient (Wildman–Crippen LogP) is 8.05. The molecule has 0 bridgehead atoms. The molecule has 2 N–H and O–H groups in total. The number of hydrogen-bond acceptors (Lipinski definition) is 6. The highest BCUT2D eigenvalue weighted by molar-refractivity contribution is 6.42. The van der Waals surface area contributed by atoms with Gasteiger partial charge in [-0.2, -0.15) is 27.8 Å². The molecule has 12 nitrogen and oxygen atoms in total. The molecule has 4 aliphatic rings. The molecule has 2 aromatic heterocycles. The van der Waals surface area contributed by atoms with E-state index in [1.54, 1.807) is 34.1 Å². The molecule has 8 rings (SSSR count). The van der Waals surface area contributed by atoms with Crippen LogP contribution in [0.2, 0.25) is 20.1 Å². The van der Waals surface area contributed by atoms with Gasteiger partial charge in [0.15, 0.2) is 0 Å². The Morgan fingerprint density at radius 2 is 1.03 bits per heavy atom. The third kappa shape index (κ3) is 9.88. The van der Waals surface area contributed by atoms with Crippen LogP contribution >= 0.6 is 46.4 Å². The van der Waals surface area contributed by atoms with E-state index in [4.69, 9.17) is 46.4 Å². The van der Waals surface area contributed by atoms with E-state index in [2.05, 4.69) is 20.8 Å². The van der Waals surface area contributed by atoms with Crippen LogP contribution in [0.5, 0.6) is 0 Å². The Balaban J connectivity index is 0.000000186. The number of nitrogens with zero attached hydrogens (tertiary/aromatic N) is 6. The fraction of sp³-hybridized carbons (Fsp3) is 0.476. The summed E-state index contributed by atoms with van der Waals surface area (Å²) in [6.07, 6.45) is 0.699. The first-order valence-corrected chi connectivity index (χ1v) is 21.7. The Bertz CT molecular complexity index is 2250. The fourth-order valence-electron chi connectivity index (χ4n) is 8.49. The zero-order valence-electron chi connectivity index (χ0n) is 33.9. The maximum atomic E-state index is 15.1. The van der Waals surface area contributed by atoms with Gasteiger partial charge in [0.05, 0.1) is 31.5 Å². The largest absolute Gasteiger partial charge is 0.356 e. The molecule has 0 fully saturated rings. The summed E-state index contributed by atoms with van der Waals surface area (Å²) >= 11 is 23.9. The molecule has 2 atom stereocenters. The summed E-state index contributed by atoms with van der Waals surface area (Å²) in [7, 11) is 0. The Labute approximate surface area is 375 Å². The molecule has 332 valence electrons. The van der Waals surface area contributed by atoms with E-state index < -0.39 is 11.8 Å². The number of carbonyl (C=O) groups is 4. The van der Waals surface area contributed by atoms with Crippen LogP contribution in [-0.2, 0) is 60.5 Å². The maximum Gasteiger partial charge on any atom is 0.289 e. The number of nitrogens with one attached hydrogen (secondary N) is 2. The van der Waals surface area contributed by atoms with Crippen molar-refractivity contribution >= 4 is 70.0 Å². The number of fused-ring (bicyclic) bond motifs is 6. The molecule has 2 aromatic carbocycles. The van der Waals surface area contributed by atoms with Crippen LogP contribution in [-0.4, -0.2) is 79.2 Å². The maximum absolute atomic E-state index is 15.1. The van der Waals surface area contributed by atoms with Crippen LogP contribution in [0.4, 0.5) is 17.6 Å². The molecule has 4 aliphatic heterocycles. The highest BCUT2D eigenvalue weighted by Gasteiger charge is 2.45. The Kier molecular flexibility index (Phi) is 13.5. The van der Waals surface area contributed by atoms with Crippen molar-refractivity contribution in [3.63, 3.8) is 0 Å². The predicted molar refractivity (Wildman–Crippen MR) is 225 cm³/mol. The molecule has 2 unspecified atom stereocenters. The summed E-state index contributed by atoms with van der Waals surface area (Å²) in [5.41, 5.74) is 2.55. The minimum absolute atomic E-state index is 0.0652. The average Bonchev–Trinajstić information content (AvgIpc) is 3.71. The van der Waals surface area contributed by atoms with E-state index in [0.717, 1.165) is 0 Å². The molecule has 0 radical (unpaired) electrons. The monoisotopic (exact) mass is 940 g/mol. The van der Waals surface area contributed by atoms with E-state index >= 15 is 17.6 Å². The third-order valence-corrected chi connectivity index (χ3v) is 13.2. The third-order valence-electron chi connectivity index (χ3n) is 11.7. The van der Waals surface area contributed by atoms with Gasteiger partial charge in [0.2, 0.25) is 11.8 Å². The van der Waals surface area contributed by atoms with Crippen LogP contribution in [0, 0.1) is 11.8 Å². The first-order chi connectivity index (χ1) is 29.3. The summed E-state index contributed by atoms with van der Waals surface area (Å²) in [5, 5.41) is 15.6. The molecular weight excluding hydrogens is 898 g/mol. The SMILES string of the molecule is CC(=O)NCC1CCC(F)(F)c2c3c(nn2C1)CCN(C(=O)c1ccc(Cl)c(Cl)c1)C3.CC(=O)NCC1CCC(F)(F)c2c3c(nn2C1)CCN(C(=O)c1ccc(Cl)c(Cl)c1)C3. The number of alkyl halides is 4. The molecule has 6 heterocycles. The van der Waals surface area contributed by atoms with Crippen molar-refractivity contribution in [1.29, 1.82) is 0 Å². The highest BCUT2D eigenvalue weighted by Crippen LogP contribution is 2.43. The molecule has 20 heteroatoms. The lowest BCUT2D eigenvalue weighted by atomic mass is 9.97. The van der Waals surface area contributed by atoms with Gasteiger partial charge in [-0.1, -0.05) is 46.4 Å². The van der Waals surface area contributed by atoms with Gasteiger partial charge in [-0.25, -0.2) is 0 Å².